The van der Waals surface area contributed by atoms with E-state index in [0.29, 0.717) is 12.8 Å². The largest absolute Gasteiger partial charge is 0.472 e. The Hall–Kier alpha value is -1.51. The molecule has 49 heavy (non-hydrogen) atoms. The number of aliphatic hydroxyl groups is 1. The molecule has 1 unspecified atom stereocenters. The van der Waals surface area contributed by atoms with E-state index >= 15 is 0 Å². The highest BCUT2D eigenvalue weighted by molar-refractivity contribution is 7.47. The van der Waals surface area contributed by atoms with Gasteiger partial charge in [0, 0.05) is 12.8 Å². The van der Waals surface area contributed by atoms with Gasteiger partial charge in [-0.1, -0.05) is 128 Å². The van der Waals surface area contributed by atoms with Gasteiger partial charge in [0.25, 0.3) is 0 Å². The Labute approximate surface area is 299 Å². The first-order chi connectivity index (χ1) is 23.8. The smallest absolute Gasteiger partial charge is 0.462 e. The first-order valence-electron chi connectivity index (χ1n) is 19.7. The van der Waals surface area contributed by atoms with Crippen molar-refractivity contribution in [2.75, 3.05) is 26.4 Å². The van der Waals surface area contributed by atoms with Gasteiger partial charge < -0.3 is 19.5 Å². The lowest BCUT2D eigenvalue weighted by atomic mass is 10.1. The van der Waals surface area contributed by atoms with Gasteiger partial charge in [-0.15, -0.1) is 0 Å². The summed E-state index contributed by atoms with van der Waals surface area (Å²) in [6.45, 7) is 2.89. The van der Waals surface area contributed by atoms with Gasteiger partial charge in [-0.2, -0.15) is 0 Å². The number of hydrogen-bond donors (Lipinski definition) is 2. The third-order valence-electron chi connectivity index (χ3n) is 8.28. The molecule has 0 aromatic carbocycles. The summed E-state index contributed by atoms with van der Waals surface area (Å²) < 4.78 is 32.4. The van der Waals surface area contributed by atoms with Crippen molar-refractivity contribution in [3.8, 4) is 0 Å². The summed E-state index contributed by atoms with van der Waals surface area (Å²) in [7, 11) is -4.45. The number of phosphoric acid groups is 1. The molecule has 0 fully saturated rings. The van der Waals surface area contributed by atoms with E-state index in [4.69, 9.17) is 19.1 Å². The van der Waals surface area contributed by atoms with E-state index in [9.17, 15) is 19.0 Å². The van der Waals surface area contributed by atoms with Crippen LogP contribution >= 0.6 is 7.82 Å². The Morgan fingerprint density at radius 2 is 0.980 bits per heavy atom. The van der Waals surface area contributed by atoms with Gasteiger partial charge in [-0.25, -0.2) is 4.57 Å². The van der Waals surface area contributed by atoms with Crippen LogP contribution in [0.4, 0.5) is 0 Å². The summed E-state index contributed by atoms with van der Waals surface area (Å²) in [6.07, 6.45) is 36.0. The summed E-state index contributed by atoms with van der Waals surface area (Å²) in [5.41, 5.74) is 0. The van der Waals surface area contributed by atoms with Crippen molar-refractivity contribution in [3.05, 3.63) is 24.3 Å². The van der Waals surface area contributed by atoms with Crippen LogP contribution in [0.15, 0.2) is 24.3 Å². The average Bonchev–Trinajstić information content (AvgIpc) is 3.08. The minimum absolute atomic E-state index is 0.208. The molecule has 0 rings (SSSR count). The van der Waals surface area contributed by atoms with Crippen LogP contribution in [0.5, 0.6) is 0 Å². The first-order valence-corrected chi connectivity index (χ1v) is 21.2. The molecule has 0 radical (unpaired) electrons. The Morgan fingerprint density at radius 1 is 0.571 bits per heavy atom. The highest BCUT2D eigenvalue weighted by Crippen LogP contribution is 2.43. The molecule has 0 amide bonds. The van der Waals surface area contributed by atoms with Crippen LogP contribution in [0.25, 0.3) is 0 Å². The molecule has 0 aliphatic rings. The molecule has 0 aromatic heterocycles. The van der Waals surface area contributed by atoms with E-state index in [-0.39, 0.29) is 26.1 Å². The van der Waals surface area contributed by atoms with Crippen molar-refractivity contribution in [2.45, 2.75) is 187 Å². The van der Waals surface area contributed by atoms with Gasteiger partial charge in [0.1, 0.15) is 6.61 Å². The highest BCUT2D eigenvalue weighted by atomic mass is 31.2. The molecule has 0 heterocycles. The van der Waals surface area contributed by atoms with Crippen LogP contribution in [-0.2, 0) is 32.7 Å². The molecule has 0 bridgehead atoms. The summed E-state index contributed by atoms with van der Waals surface area (Å²) in [5, 5.41) is 8.85. The fourth-order valence-corrected chi connectivity index (χ4v) is 6.06. The van der Waals surface area contributed by atoms with Gasteiger partial charge in [0.2, 0.25) is 0 Å². The van der Waals surface area contributed by atoms with E-state index in [0.717, 1.165) is 57.8 Å². The summed E-state index contributed by atoms with van der Waals surface area (Å²) in [5.74, 6) is -0.879. The normalized spacial score (nSPS) is 13.6. The van der Waals surface area contributed by atoms with E-state index in [1.54, 1.807) is 0 Å². The van der Waals surface area contributed by atoms with E-state index < -0.39 is 39.1 Å². The Bertz CT molecular complexity index is 861. The zero-order valence-corrected chi connectivity index (χ0v) is 32.2. The molecule has 0 aliphatic carbocycles. The molecule has 10 heteroatoms. The monoisotopic (exact) mass is 716 g/mol. The van der Waals surface area contributed by atoms with E-state index in [1.807, 2.05) is 0 Å². The van der Waals surface area contributed by atoms with Crippen LogP contribution in [0.3, 0.4) is 0 Å². The van der Waals surface area contributed by atoms with Crippen LogP contribution in [-0.4, -0.2) is 54.5 Å². The molecule has 288 valence electrons. The van der Waals surface area contributed by atoms with Gasteiger partial charge in [0.05, 0.1) is 19.8 Å². The standard InChI is InChI=1S/C39H73O9P/c1-3-5-7-9-11-13-15-17-18-20-22-24-26-28-30-32-39(42)48-37(36-47-49(43,44)46-34-33-40)35-45-38(41)31-29-27-25-23-21-19-16-14-12-10-8-6-4-2/h13-16,37,40H,3-12,17-36H2,1-2H3,(H,43,44)/b15-13-,16-14-/t37-/m1/s1. The predicted molar refractivity (Wildman–Crippen MR) is 199 cm³/mol. The molecule has 2 atom stereocenters. The first kappa shape index (κ1) is 47.5. The topological polar surface area (TPSA) is 129 Å². The summed E-state index contributed by atoms with van der Waals surface area (Å²) in [6, 6.07) is 0. The number of esters is 2. The molecule has 0 saturated heterocycles. The Balaban J connectivity index is 4.22. The number of carbonyl (C=O) groups excluding carboxylic acids is 2. The molecular formula is C39H73O9P. The van der Waals surface area contributed by atoms with Gasteiger partial charge in [-0.05, 0) is 64.2 Å². The number of rotatable bonds is 37. The van der Waals surface area contributed by atoms with Crippen molar-refractivity contribution >= 4 is 19.8 Å². The Morgan fingerprint density at radius 3 is 1.43 bits per heavy atom. The van der Waals surface area contributed by atoms with Crippen LogP contribution in [0.1, 0.15) is 181 Å². The van der Waals surface area contributed by atoms with Crippen molar-refractivity contribution in [1.82, 2.24) is 0 Å². The quantitative estimate of drug-likeness (QED) is 0.0279. The highest BCUT2D eigenvalue weighted by Gasteiger charge is 2.26. The van der Waals surface area contributed by atoms with Gasteiger partial charge >= 0.3 is 19.8 Å². The molecule has 0 aliphatic heterocycles. The zero-order chi connectivity index (χ0) is 36.1. The second-order valence-electron chi connectivity index (χ2n) is 13.1. The van der Waals surface area contributed by atoms with E-state index in [1.165, 1.54) is 83.5 Å². The third-order valence-corrected chi connectivity index (χ3v) is 9.27. The lowest BCUT2D eigenvalue weighted by Gasteiger charge is -2.19. The number of ether oxygens (including phenoxy) is 2. The number of allylic oxidation sites excluding steroid dienone is 4. The summed E-state index contributed by atoms with van der Waals surface area (Å²) in [4.78, 5) is 34.6. The number of phosphoric ester groups is 1. The van der Waals surface area contributed by atoms with Crippen LogP contribution < -0.4 is 0 Å². The third kappa shape index (κ3) is 36.1. The lowest BCUT2D eigenvalue weighted by molar-refractivity contribution is -0.161. The lowest BCUT2D eigenvalue weighted by Crippen LogP contribution is -2.29. The second kappa shape index (κ2) is 36.3. The fourth-order valence-electron chi connectivity index (χ4n) is 5.32. The number of unbranched alkanes of at least 4 members (excludes halogenated alkanes) is 20. The van der Waals surface area contributed by atoms with E-state index in [2.05, 4.69) is 42.7 Å². The maximum atomic E-state index is 12.5. The zero-order valence-electron chi connectivity index (χ0n) is 31.3. The number of aliphatic hydroxyl groups excluding tert-OH is 1. The SMILES string of the molecule is CCCCCC/C=C\CCCCCCCCCC(=O)O[C@H](COC(=O)CCCCCCC/C=C\CCCCCC)COP(=O)(O)OCCO. The predicted octanol–water partition coefficient (Wildman–Crippen LogP) is 10.9. The number of hydrogen-bond acceptors (Lipinski definition) is 8. The molecule has 9 nitrogen and oxygen atoms in total. The molecule has 0 aromatic rings. The maximum Gasteiger partial charge on any atom is 0.472 e. The maximum absolute atomic E-state index is 12.5. The average molecular weight is 717 g/mol. The van der Waals surface area contributed by atoms with Crippen molar-refractivity contribution in [1.29, 1.82) is 0 Å². The van der Waals surface area contributed by atoms with Crippen LogP contribution in [0, 0.1) is 0 Å². The summed E-state index contributed by atoms with van der Waals surface area (Å²) >= 11 is 0. The van der Waals surface area contributed by atoms with Crippen LogP contribution in [0.2, 0.25) is 0 Å². The van der Waals surface area contributed by atoms with Gasteiger partial charge in [0.15, 0.2) is 6.10 Å². The Kier molecular flexibility index (Phi) is 35.2. The van der Waals surface area contributed by atoms with Crippen molar-refractivity contribution < 1.29 is 42.7 Å². The van der Waals surface area contributed by atoms with Crippen molar-refractivity contribution in [3.63, 3.8) is 0 Å². The minimum atomic E-state index is -4.45. The second-order valence-corrected chi connectivity index (χ2v) is 14.5. The minimum Gasteiger partial charge on any atom is -0.462 e. The van der Waals surface area contributed by atoms with Gasteiger partial charge in [-0.3, -0.25) is 18.6 Å². The van der Waals surface area contributed by atoms with Crippen molar-refractivity contribution in [2.24, 2.45) is 0 Å². The number of carbonyl (C=O) groups is 2. The fraction of sp³-hybridized carbons (Fsp3) is 0.846. The molecule has 2 N–H and O–H groups in total. The molecular weight excluding hydrogens is 643 g/mol. The molecule has 0 spiro atoms. The molecule has 0 saturated carbocycles.